The first-order chi connectivity index (χ1) is 15.0. The molecule has 0 radical (unpaired) electrons. The zero-order valence-corrected chi connectivity index (χ0v) is 18.6. The molecule has 2 heterocycles. The molecule has 0 bridgehead atoms. The quantitative estimate of drug-likeness (QED) is 0.530. The fourth-order valence-electron chi connectivity index (χ4n) is 4.58. The molecule has 3 unspecified atom stereocenters. The molecule has 0 saturated carbocycles. The van der Waals surface area contributed by atoms with Crippen LogP contribution >= 0.6 is 11.6 Å². The molecule has 1 saturated heterocycles. The third-order valence-electron chi connectivity index (χ3n) is 6.23. The zero-order chi connectivity index (χ0) is 21.8. The minimum absolute atomic E-state index is 0.136. The van der Waals surface area contributed by atoms with Crippen molar-refractivity contribution in [2.75, 3.05) is 6.54 Å². The molecule has 3 atom stereocenters. The van der Waals surface area contributed by atoms with Crippen molar-refractivity contribution in [2.45, 2.75) is 51.2 Å². The van der Waals surface area contributed by atoms with Crippen LogP contribution in [-0.4, -0.2) is 28.7 Å². The van der Waals surface area contributed by atoms with E-state index in [2.05, 4.69) is 40.9 Å². The van der Waals surface area contributed by atoms with Crippen molar-refractivity contribution in [1.29, 1.82) is 0 Å². The monoisotopic (exact) mass is 439 g/mol. The number of piperidine rings is 1. The van der Waals surface area contributed by atoms with Crippen molar-refractivity contribution in [3.8, 4) is 0 Å². The Bertz CT molecular complexity index is 944. The highest BCUT2D eigenvalue weighted by Crippen LogP contribution is 2.35. The van der Waals surface area contributed by atoms with Crippen molar-refractivity contribution < 1.29 is 9.90 Å². The van der Waals surface area contributed by atoms with Crippen LogP contribution < -0.4 is 10.7 Å². The highest BCUT2D eigenvalue weighted by Gasteiger charge is 2.36. The van der Waals surface area contributed by atoms with Gasteiger partial charge in [0.2, 0.25) is 0 Å². The molecule has 2 aromatic rings. The number of aromatic carboxylic acids is 1. The second kappa shape index (κ2) is 9.86. The molecule has 0 aliphatic carbocycles. The van der Waals surface area contributed by atoms with E-state index in [4.69, 9.17) is 11.6 Å². The van der Waals surface area contributed by atoms with Gasteiger partial charge in [-0.05, 0) is 60.2 Å². The van der Waals surface area contributed by atoms with Crippen molar-refractivity contribution in [2.24, 2.45) is 5.92 Å². The maximum atomic E-state index is 11.3. The highest BCUT2D eigenvalue weighted by molar-refractivity contribution is 6.30. The topological polar surface area (TPSA) is 64.6 Å². The Morgan fingerprint density at radius 2 is 2.06 bits per heavy atom. The molecule has 1 fully saturated rings. The number of benzene rings is 2. The summed E-state index contributed by atoms with van der Waals surface area (Å²) in [5.41, 5.74) is 7.46. The lowest BCUT2D eigenvalue weighted by molar-refractivity contribution is 0.0696. The summed E-state index contributed by atoms with van der Waals surface area (Å²) in [6, 6.07) is 15.6. The summed E-state index contributed by atoms with van der Waals surface area (Å²) < 4.78 is 0. The molecule has 4 rings (SSSR count). The first-order valence-electron chi connectivity index (χ1n) is 11.1. The Balaban J connectivity index is 1.51. The molecule has 2 aromatic carbocycles. The molecule has 164 valence electrons. The summed E-state index contributed by atoms with van der Waals surface area (Å²) in [5, 5.41) is 16.0. The van der Waals surface area contributed by atoms with Crippen LogP contribution in [0.2, 0.25) is 5.02 Å². The number of nitrogens with one attached hydrogen (secondary N) is 2. The lowest BCUT2D eigenvalue weighted by Crippen LogP contribution is -2.49. The van der Waals surface area contributed by atoms with Gasteiger partial charge in [0.1, 0.15) is 0 Å². The number of rotatable bonds is 8. The van der Waals surface area contributed by atoms with Gasteiger partial charge in [0, 0.05) is 29.9 Å². The van der Waals surface area contributed by atoms with E-state index in [-0.39, 0.29) is 12.1 Å². The Hall–Kier alpha value is -2.34. The normalized spacial score (nSPS) is 22.8. The van der Waals surface area contributed by atoms with E-state index >= 15 is 0 Å². The van der Waals surface area contributed by atoms with Crippen molar-refractivity contribution in [3.63, 3.8) is 0 Å². The maximum Gasteiger partial charge on any atom is 0.335 e. The summed E-state index contributed by atoms with van der Waals surface area (Å²) in [6.45, 7) is 3.90. The average Bonchev–Trinajstić information content (AvgIpc) is 3.21. The second-order valence-corrected chi connectivity index (χ2v) is 8.98. The highest BCUT2D eigenvalue weighted by atomic mass is 35.5. The van der Waals surface area contributed by atoms with Gasteiger partial charge in [-0.15, -0.1) is 0 Å². The molecular formula is C25H30ClN3O2. The van der Waals surface area contributed by atoms with E-state index in [0.717, 1.165) is 23.6 Å². The zero-order valence-electron chi connectivity index (χ0n) is 17.9. The first-order valence-corrected chi connectivity index (χ1v) is 11.5. The van der Waals surface area contributed by atoms with E-state index < -0.39 is 5.97 Å². The predicted molar refractivity (Wildman–Crippen MR) is 124 cm³/mol. The number of carboxylic acid groups (broad SMARTS) is 1. The summed E-state index contributed by atoms with van der Waals surface area (Å²) in [4.78, 5) is 11.3. The van der Waals surface area contributed by atoms with Crippen molar-refractivity contribution in [3.05, 3.63) is 82.0 Å². The summed E-state index contributed by atoms with van der Waals surface area (Å²) >= 11 is 6.07. The third-order valence-corrected chi connectivity index (χ3v) is 6.48. The second-order valence-electron chi connectivity index (χ2n) is 8.54. The molecule has 2 aliphatic heterocycles. The summed E-state index contributed by atoms with van der Waals surface area (Å²) in [6.07, 6.45) is 7.08. The Kier molecular flexibility index (Phi) is 6.96. The minimum Gasteiger partial charge on any atom is -0.478 e. The number of unbranched alkanes of at least 4 members (excludes halogenated alkanes) is 1. The predicted octanol–water partition coefficient (Wildman–Crippen LogP) is 5.15. The maximum absolute atomic E-state index is 11.3. The number of halogens is 1. The van der Waals surface area contributed by atoms with Crippen LogP contribution in [0.5, 0.6) is 0 Å². The van der Waals surface area contributed by atoms with Crippen molar-refractivity contribution >= 4 is 17.6 Å². The molecule has 0 amide bonds. The number of hydrogen-bond donors (Lipinski definition) is 3. The SMILES string of the molecule is CCCCC1CC(NCc2cccc(C(=O)O)c2)C2=CC(c3ccc(Cl)cc3)NN2C1. The van der Waals surface area contributed by atoms with Gasteiger partial charge in [-0.3, -0.25) is 0 Å². The number of hydrazine groups is 1. The average molecular weight is 440 g/mol. The van der Waals surface area contributed by atoms with Crippen LogP contribution in [0.4, 0.5) is 0 Å². The smallest absolute Gasteiger partial charge is 0.335 e. The summed E-state index contributed by atoms with van der Waals surface area (Å²) in [5.74, 6) is -0.268. The molecule has 0 aromatic heterocycles. The lowest BCUT2D eigenvalue weighted by atomic mass is 9.88. The van der Waals surface area contributed by atoms with Gasteiger partial charge in [0.15, 0.2) is 0 Å². The van der Waals surface area contributed by atoms with E-state index in [1.807, 2.05) is 24.3 Å². The van der Waals surface area contributed by atoms with Gasteiger partial charge in [-0.25, -0.2) is 10.2 Å². The lowest BCUT2D eigenvalue weighted by Gasteiger charge is -2.39. The summed E-state index contributed by atoms with van der Waals surface area (Å²) in [7, 11) is 0. The fourth-order valence-corrected chi connectivity index (χ4v) is 4.70. The van der Waals surface area contributed by atoms with E-state index in [9.17, 15) is 9.90 Å². The van der Waals surface area contributed by atoms with Crippen LogP contribution in [0.15, 0.2) is 60.3 Å². The molecule has 5 nitrogen and oxygen atoms in total. The van der Waals surface area contributed by atoms with Crippen molar-refractivity contribution in [1.82, 2.24) is 15.8 Å². The number of carbonyl (C=O) groups is 1. The van der Waals surface area contributed by atoms with E-state index in [1.165, 1.54) is 30.5 Å². The first kappa shape index (κ1) is 21.9. The Morgan fingerprint density at radius 3 is 2.81 bits per heavy atom. The minimum atomic E-state index is -0.890. The number of hydrogen-bond acceptors (Lipinski definition) is 4. The fraction of sp³-hybridized carbons (Fsp3) is 0.400. The number of fused-ring (bicyclic) bond motifs is 1. The van der Waals surface area contributed by atoms with Gasteiger partial charge in [0.05, 0.1) is 11.6 Å². The number of nitrogens with zero attached hydrogens (tertiary/aromatic N) is 1. The van der Waals surface area contributed by atoms with Crippen LogP contribution in [0.25, 0.3) is 0 Å². The van der Waals surface area contributed by atoms with Crippen LogP contribution in [0.1, 0.15) is 60.1 Å². The molecule has 31 heavy (non-hydrogen) atoms. The Morgan fingerprint density at radius 1 is 1.26 bits per heavy atom. The molecular weight excluding hydrogens is 410 g/mol. The largest absolute Gasteiger partial charge is 0.478 e. The molecule has 3 N–H and O–H groups in total. The molecule has 6 heteroatoms. The van der Waals surface area contributed by atoms with Crippen LogP contribution in [-0.2, 0) is 6.54 Å². The van der Waals surface area contributed by atoms with Gasteiger partial charge in [-0.2, -0.15) is 0 Å². The van der Waals surface area contributed by atoms with Gasteiger partial charge >= 0.3 is 5.97 Å². The van der Waals surface area contributed by atoms with Gasteiger partial charge < -0.3 is 15.4 Å². The van der Waals surface area contributed by atoms with E-state index in [0.29, 0.717) is 18.0 Å². The molecule has 2 aliphatic rings. The van der Waals surface area contributed by atoms with Gasteiger partial charge in [0.25, 0.3) is 0 Å². The van der Waals surface area contributed by atoms with Crippen LogP contribution in [0.3, 0.4) is 0 Å². The van der Waals surface area contributed by atoms with Gasteiger partial charge in [-0.1, -0.05) is 55.6 Å². The van der Waals surface area contributed by atoms with E-state index in [1.54, 1.807) is 12.1 Å². The molecule has 0 spiro atoms. The Labute approximate surface area is 189 Å². The standard InChI is InChI=1S/C25H30ClN3O2/c1-2-3-5-18-13-23(27-15-17-6-4-7-20(12-17)25(30)31)24-14-22(28-29(24)16-18)19-8-10-21(26)11-9-19/h4,6-12,14,18,22-23,27-28H,2-3,5,13,15-16H2,1H3,(H,30,31). The van der Waals surface area contributed by atoms with Crippen LogP contribution in [0, 0.1) is 5.92 Å². The number of carboxylic acids is 1. The third kappa shape index (κ3) is 5.29.